The van der Waals surface area contributed by atoms with Gasteiger partial charge in [0.25, 0.3) is 0 Å². The van der Waals surface area contributed by atoms with E-state index < -0.39 is 9.84 Å². The fraction of sp³-hybridized carbons (Fsp3) is 0.923. The van der Waals surface area contributed by atoms with Gasteiger partial charge in [-0.25, -0.2) is 8.42 Å². The van der Waals surface area contributed by atoms with E-state index in [0.717, 1.165) is 25.9 Å². The van der Waals surface area contributed by atoms with Gasteiger partial charge < -0.3 is 4.90 Å². The van der Waals surface area contributed by atoms with Crippen LogP contribution in [0.15, 0.2) is 0 Å². The van der Waals surface area contributed by atoms with Gasteiger partial charge in [-0.05, 0) is 39.3 Å². The van der Waals surface area contributed by atoms with Gasteiger partial charge >= 0.3 is 0 Å². The van der Waals surface area contributed by atoms with Crippen molar-refractivity contribution in [3.05, 3.63) is 0 Å². The number of sulfone groups is 1. The van der Waals surface area contributed by atoms with Crippen LogP contribution in [0.3, 0.4) is 0 Å². The molecule has 6 heteroatoms. The number of nitrogens with zero attached hydrogens (tertiary/aromatic N) is 2. The van der Waals surface area contributed by atoms with Crippen molar-refractivity contribution in [3.63, 3.8) is 0 Å². The number of likely N-dealkylation sites (tertiary alicyclic amines) is 1. The first-order valence-corrected chi connectivity index (χ1v) is 9.06. The Morgan fingerprint density at radius 3 is 2.47 bits per heavy atom. The summed E-state index contributed by atoms with van der Waals surface area (Å²) in [4.78, 5) is 16.3. The Morgan fingerprint density at radius 1 is 1.26 bits per heavy atom. The number of piperidine rings is 1. The van der Waals surface area contributed by atoms with Crippen LogP contribution in [0.2, 0.25) is 0 Å². The molecule has 2 saturated heterocycles. The Morgan fingerprint density at radius 2 is 1.95 bits per heavy atom. The second-order valence-corrected chi connectivity index (χ2v) is 7.80. The topological polar surface area (TPSA) is 57.7 Å². The lowest BCUT2D eigenvalue weighted by atomic mass is 10.1. The number of hydrogen-bond donors (Lipinski definition) is 0. The molecule has 0 bridgehead atoms. The smallest absolute Gasteiger partial charge is 0.237 e. The standard InChI is InChI=1S/C13H24N2O3S/c1-2-15(12-6-9-19(17,18)11-12)13(16)10-14-7-4-3-5-8-14/h12H,2-11H2,1H3. The number of likely N-dealkylation sites (N-methyl/N-ethyl adjacent to an activating group) is 1. The van der Waals surface area contributed by atoms with E-state index in [4.69, 9.17) is 0 Å². The summed E-state index contributed by atoms with van der Waals surface area (Å²) in [5.74, 6) is 0.462. The lowest BCUT2D eigenvalue weighted by Gasteiger charge is -2.31. The van der Waals surface area contributed by atoms with Crippen molar-refractivity contribution in [1.29, 1.82) is 0 Å². The summed E-state index contributed by atoms with van der Waals surface area (Å²) in [7, 11) is -2.92. The first-order valence-electron chi connectivity index (χ1n) is 7.24. The first-order chi connectivity index (χ1) is 9.02. The fourth-order valence-electron chi connectivity index (χ4n) is 3.06. The number of hydrogen-bond acceptors (Lipinski definition) is 4. The molecule has 2 aliphatic rings. The molecule has 0 aromatic rings. The van der Waals surface area contributed by atoms with Crippen LogP contribution < -0.4 is 0 Å². The lowest BCUT2D eigenvalue weighted by Crippen LogP contribution is -2.47. The van der Waals surface area contributed by atoms with E-state index in [1.54, 1.807) is 4.90 Å². The zero-order valence-electron chi connectivity index (χ0n) is 11.7. The Hall–Kier alpha value is -0.620. The average Bonchev–Trinajstić information content (AvgIpc) is 2.72. The minimum atomic E-state index is -2.92. The first kappa shape index (κ1) is 14.8. The SMILES string of the molecule is CCN(C(=O)CN1CCCCC1)C1CCS(=O)(=O)C1. The predicted molar refractivity (Wildman–Crippen MR) is 74.7 cm³/mol. The molecule has 2 rings (SSSR count). The maximum atomic E-state index is 12.3. The van der Waals surface area contributed by atoms with Crippen LogP contribution in [0.4, 0.5) is 0 Å². The molecule has 1 unspecified atom stereocenters. The second-order valence-electron chi connectivity index (χ2n) is 5.57. The molecule has 2 heterocycles. The van der Waals surface area contributed by atoms with Crippen molar-refractivity contribution >= 4 is 15.7 Å². The van der Waals surface area contributed by atoms with E-state index in [1.165, 1.54) is 6.42 Å². The second kappa shape index (κ2) is 6.22. The van der Waals surface area contributed by atoms with Crippen molar-refractivity contribution in [1.82, 2.24) is 9.80 Å². The highest BCUT2D eigenvalue weighted by atomic mass is 32.2. The van der Waals surface area contributed by atoms with Crippen LogP contribution in [0.25, 0.3) is 0 Å². The third-order valence-electron chi connectivity index (χ3n) is 4.12. The average molecular weight is 288 g/mol. The molecule has 0 radical (unpaired) electrons. The van der Waals surface area contributed by atoms with E-state index in [1.807, 2.05) is 6.92 Å². The van der Waals surface area contributed by atoms with Crippen molar-refractivity contribution < 1.29 is 13.2 Å². The van der Waals surface area contributed by atoms with E-state index in [9.17, 15) is 13.2 Å². The van der Waals surface area contributed by atoms with Crippen LogP contribution >= 0.6 is 0 Å². The normalized spacial score (nSPS) is 27.3. The largest absolute Gasteiger partial charge is 0.338 e. The van der Waals surface area contributed by atoms with Gasteiger partial charge in [-0.2, -0.15) is 0 Å². The van der Waals surface area contributed by atoms with E-state index in [2.05, 4.69) is 4.90 Å². The zero-order chi connectivity index (χ0) is 13.9. The minimum Gasteiger partial charge on any atom is -0.338 e. The van der Waals surface area contributed by atoms with Gasteiger partial charge in [-0.1, -0.05) is 6.42 Å². The molecule has 0 N–H and O–H groups in total. The van der Waals surface area contributed by atoms with Gasteiger partial charge in [-0.15, -0.1) is 0 Å². The highest BCUT2D eigenvalue weighted by molar-refractivity contribution is 7.91. The predicted octanol–water partition coefficient (Wildman–Crippen LogP) is 0.508. The lowest BCUT2D eigenvalue weighted by molar-refractivity contribution is -0.134. The molecule has 0 aromatic heterocycles. The summed E-state index contributed by atoms with van der Waals surface area (Å²) in [5, 5.41) is 0. The van der Waals surface area contributed by atoms with Crippen molar-refractivity contribution in [2.75, 3.05) is 37.7 Å². The van der Waals surface area contributed by atoms with Gasteiger partial charge in [0, 0.05) is 12.6 Å². The highest BCUT2D eigenvalue weighted by Gasteiger charge is 2.34. The Labute approximate surface area is 115 Å². The minimum absolute atomic E-state index is 0.0894. The number of rotatable bonds is 4. The molecule has 2 aliphatic heterocycles. The van der Waals surface area contributed by atoms with Crippen LogP contribution in [0.5, 0.6) is 0 Å². The summed E-state index contributed by atoms with van der Waals surface area (Å²) >= 11 is 0. The third-order valence-corrected chi connectivity index (χ3v) is 5.87. The summed E-state index contributed by atoms with van der Waals surface area (Å²) in [6.45, 7) is 4.97. The molecule has 0 saturated carbocycles. The number of carbonyl (C=O) groups is 1. The molecule has 1 amide bonds. The molecule has 1 atom stereocenters. The van der Waals surface area contributed by atoms with Crippen molar-refractivity contribution in [2.45, 2.75) is 38.6 Å². The van der Waals surface area contributed by atoms with E-state index in [0.29, 0.717) is 19.5 Å². The van der Waals surface area contributed by atoms with Crippen LogP contribution in [-0.4, -0.2) is 67.9 Å². The van der Waals surface area contributed by atoms with Crippen molar-refractivity contribution in [2.24, 2.45) is 0 Å². The van der Waals surface area contributed by atoms with E-state index in [-0.39, 0.29) is 23.5 Å². The van der Waals surface area contributed by atoms with Gasteiger partial charge in [0.2, 0.25) is 5.91 Å². The molecule has 0 aromatic carbocycles. The molecule has 110 valence electrons. The quantitative estimate of drug-likeness (QED) is 0.756. The summed E-state index contributed by atoms with van der Waals surface area (Å²) in [6, 6.07) is -0.104. The fourth-order valence-corrected chi connectivity index (χ4v) is 4.79. The van der Waals surface area contributed by atoms with Crippen LogP contribution in [0.1, 0.15) is 32.6 Å². The van der Waals surface area contributed by atoms with Crippen molar-refractivity contribution in [3.8, 4) is 0 Å². The monoisotopic (exact) mass is 288 g/mol. The summed E-state index contributed by atoms with van der Waals surface area (Å²) < 4.78 is 23.1. The number of carbonyl (C=O) groups excluding carboxylic acids is 1. The summed E-state index contributed by atoms with van der Waals surface area (Å²) in [6.07, 6.45) is 4.18. The molecule has 19 heavy (non-hydrogen) atoms. The number of amides is 1. The maximum absolute atomic E-state index is 12.3. The maximum Gasteiger partial charge on any atom is 0.237 e. The highest BCUT2D eigenvalue weighted by Crippen LogP contribution is 2.18. The Balaban J connectivity index is 1.91. The van der Waals surface area contributed by atoms with Gasteiger partial charge in [0.05, 0.1) is 18.1 Å². The van der Waals surface area contributed by atoms with Gasteiger partial charge in [-0.3, -0.25) is 9.69 Å². The molecular weight excluding hydrogens is 264 g/mol. The molecular formula is C13H24N2O3S. The molecule has 2 fully saturated rings. The molecule has 5 nitrogen and oxygen atoms in total. The molecule has 0 spiro atoms. The van der Waals surface area contributed by atoms with Crippen LogP contribution in [-0.2, 0) is 14.6 Å². The molecule has 0 aliphatic carbocycles. The summed E-state index contributed by atoms with van der Waals surface area (Å²) in [5.41, 5.74) is 0. The van der Waals surface area contributed by atoms with Gasteiger partial charge in [0.15, 0.2) is 9.84 Å². The zero-order valence-corrected chi connectivity index (χ0v) is 12.5. The Bertz CT molecular complexity index is 416. The van der Waals surface area contributed by atoms with Crippen LogP contribution in [0, 0.1) is 0 Å². The Kier molecular flexibility index (Phi) is 4.84. The third kappa shape index (κ3) is 3.92. The van der Waals surface area contributed by atoms with Gasteiger partial charge in [0.1, 0.15) is 0 Å². The van der Waals surface area contributed by atoms with E-state index >= 15 is 0 Å².